The Balaban J connectivity index is 2.53. The number of nitriles is 1. The van der Waals surface area contributed by atoms with Crippen molar-refractivity contribution in [3.63, 3.8) is 0 Å². The Labute approximate surface area is 95.1 Å². The van der Waals surface area contributed by atoms with Crippen molar-refractivity contribution in [1.82, 2.24) is 9.55 Å². The van der Waals surface area contributed by atoms with Gasteiger partial charge in [-0.15, -0.1) is 0 Å². The molecule has 2 rings (SSSR count). The number of aromatic nitrogens is 2. The molecule has 1 aromatic carbocycles. The maximum atomic E-state index is 8.86. The molecule has 4 heteroatoms. The van der Waals surface area contributed by atoms with Gasteiger partial charge < -0.3 is 4.57 Å². The predicted octanol–water partition coefficient (Wildman–Crippen LogP) is 2.35. The standard InChI is InChI=1S/C10H6IN3/c11-10-2-1-9(5-8(10)6-12)14-4-3-13-7-14/h1-5,7H. The van der Waals surface area contributed by atoms with Gasteiger partial charge in [0.25, 0.3) is 0 Å². The summed E-state index contributed by atoms with van der Waals surface area (Å²) >= 11 is 2.15. The lowest BCUT2D eigenvalue weighted by atomic mass is 10.2. The molecule has 2 aromatic rings. The number of rotatable bonds is 1. The van der Waals surface area contributed by atoms with Crippen LogP contribution in [0.25, 0.3) is 5.69 Å². The van der Waals surface area contributed by atoms with Crippen LogP contribution in [0.3, 0.4) is 0 Å². The van der Waals surface area contributed by atoms with Gasteiger partial charge >= 0.3 is 0 Å². The van der Waals surface area contributed by atoms with Gasteiger partial charge in [0, 0.05) is 21.7 Å². The number of benzene rings is 1. The van der Waals surface area contributed by atoms with E-state index in [2.05, 4.69) is 33.6 Å². The van der Waals surface area contributed by atoms with Crippen LogP contribution in [0.1, 0.15) is 5.56 Å². The summed E-state index contributed by atoms with van der Waals surface area (Å²) in [5.41, 5.74) is 1.65. The van der Waals surface area contributed by atoms with Gasteiger partial charge in [0.05, 0.1) is 11.9 Å². The Morgan fingerprint density at radius 1 is 1.43 bits per heavy atom. The third-order valence-electron chi connectivity index (χ3n) is 1.87. The Hall–Kier alpha value is -1.35. The molecule has 3 nitrogen and oxygen atoms in total. The second kappa shape index (κ2) is 3.80. The number of imidazole rings is 1. The van der Waals surface area contributed by atoms with Crippen molar-refractivity contribution in [1.29, 1.82) is 5.26 Å². The average Bonchev–Trinajstić information content (AvgIpc) is 2.71. The van der Waals surface area contributed by atoms with E-state index >= 15 is 0 Å². The zero-order valence-corrected chi connectivity index (χ0v) is 9.34. The first kappa shape index (κ1) is 9.21. The van der Waals surface area contributed by atoms with Crippen LogP contribution < -0.4 is 0 Å². The molecule has 0 aliphatic rings. The summed E-state index contributed by atoms with van der Waals surface area (Å²) in [5, 5.41) is 8.86. The third kappa shape index (κ3) is 1.63. The minimum absolute atomic E-state index is 0.691. The first-order chi connectivity index (χ1) is 6.81. The molecular weight excluding hydrogens is 289 g/mol. The van der Waals surface area contributed by atoms with Crippen molar-refractivity contribution in [2.24, 2.45) is 0 Å². The van der Waals surface area contributed by atoms with E-state index in [9.17, 15) is 0 Å². The molecule has 1 heterocycles. The molecule has 0 atom stereocenters. The fourth-order valence-corrected chi connectivity index (χ4v) is 1.63. The highest BCUT2D eigenvalue weighted by molar-refractivity contribution is 14.1. The number of hydrogen-bond donors (Lipinski definition) is 0. The van der Waals surface area contributed by atoms with Gasteiger partial charge in [0.15, 0.2) is 0 Å². The van der Waals surface area contributed by atoms with Crippen LogP contribution >= 0.6 is 22.6 Å². The Bertz CT molecular complexity index is 483. The molecule has 0 spiro atoms. The lowest BCUT2D eigenvalue weighted by Crippen LogP contribution is -1.92. The van der Waals surface area contributed by atoms with Crippen LogP contribution in [0.15, 0.2) is 36.9 Å². The van der Waals surface area contributed by atoms with E-state index < -0.39 is 0 Å². The summed E-state index contributed by atoms with van der Waals surface area (Å²) in [5.74, 6) is 0. The third-order valence-corrected chi connectivity index (χ3v) is 2.81. The number of halogens is 1. The molecule has 0 aliphatic carbocycles. The van der Waals surface area contributed by atoms with E-state index in [-0.39, 0.29) is 0 Å². The van der Waals surface area contributed by atoms with E-state index in [1.54, 1.807) is 12.5 Å². The quantitative estimate of drug-likeness (QED) is 0.758. The molecule has 0 saturated carbocycles. The molecule has 0 aliphatic heterocycles. The summed E-state index contributed by atoms with van der Waals surface area (Å²) in [6.07, 6.45) is 5.27. The van der Waals surface area contributed by atoms with Crippen LogP contribution in [0.4, 0.5) is 0 Å². The molecule has 1 aromatic heterocycles. The largest absolute Gasteiger partial charge is 0.306 e. The van der Waals surface area contributed by atoms with Gasteiger partial charge in [-0.3, -0.25) is 0 Å². The van der Waals surface area contributed by atoms with Gasteiger partial charge in [-0.1, -0.05) is 0 Å². The Morgan fingerprint density at radius 3 is 2.93 bits per heavy atom. The Kier molecular flexibility index (Phi) is 2.50. The molecule has 0 N–H and O–H groups in total. The van der Waals surface area contributed by atoms with Gasteiger partial charge in [-0.2, -0.15) is 5.26 Å². The summed E-state index contributed by atoms with van der Waals surface area (Å²) in [6.45, 7) is 0. The van der Waals surface area contributed by atoms with Gasteiger partial charge in [-0.25, -0.2) is 4.98 Å². The van der Waals surface area contributed by atoms with E-state index in [0.29, 0.717) is 5.56 Å². The van der Waals surface area contributed by atoms with Crippen LogP contribution in [0, 0.1) is 14.9 Å². The molecule has 68 valence electrons. The van der Waals surface area contributed by atoms with E-state index in [4.69, 9.17) is 5.26 Å². The summed E-state index contributed by atoms with van der Waals surface area (Å²) in [6, 6.07) is 7.89. The molecule has 0 amide bonds. The first-order valence-electron chi connectivity index (χ1n) is 3.99. The van der Waals surface area contributed by atoms with Gasteiger partial charge in [0.1, 0.15) is 6.07 Å². The van der Waals surface area contributed by atoms with Crippen molar-refractivity contribution < 1.29 is 0 Å². The normalized spacial score (nSPS) is 9.71. The average molecular weight is 295 g/mol. The molecule has 0 radical (unpaired) electrons. The zero-order valence-electron chi connectivity index (χ0n) is 7.18. The Morgan fingerprint density at radius 2 is 2.29 bits per heavy atom. The van der Waals surface area contributed by atoms with E-state index in [1.807, 2.05) is 29.0 Å². The lowest BCUT2D eigenvalue weighted by molar-refractivity contribution is 1.05. The summed E-state index contributed by atoms with van der Waals surface area (Å²) in [4.78, 5) is 3.95. The molecule has 14 heavy (non-hydrogen) atoms. The maximum Gasteiger partial charge on any atom is 0.100 e. The minimum Gasteiger partial charge on any atom is -0.306 e. The topological polar surface area (TPSA) is 41.6 Å². The molecule has 0 fully saturated rings. The lowest BCUT2D eigenvalue weighted by Gasteiger charge is -2.02. The summed E-state index contributed by atoms with van der Waals surface area (Å²) in [7, 11) is 0. The van der Waals surface area contributed by atoms with Crippen molar-refractivity contribution in [2.75, 3.05) is 0 Å². The minimum atomic E-state index is 0.691. The van der Waals surface area contributed by atoms with Crippen LogP contribution in [-0.4, -0.2) is 9.55 Å². The summed E-state index contributed by atoms with van der Waals surface area (Å²) < 4.78 is 2.84. The van der Waals surface area contributed by atoms with Crippen LogP contribution in [-0.2, 0) is 0 Å². The maximum absolute atomic E-state index is 8.86. The second-order valence-electron chi connectivity index (χ2n) is 2.75. The van der Waals surface area contributed by atoms with Crippen LogP contribution in [0.5, 0.6) is 0 Å². The monoisotopic (exact) mass is 295 g/mol. The highest BCUT2D eigenvalue weighted by Gasteiger charge is 2.01. The van der Waals surface area contributed by atoms with Crippen molar-refractivity contribution in [2.45, 2.75) is 0 Å². The van der Waals surface area contributed by atoms with Crippen molar-refractivity contribution >= 4 is 22.6 Å². The fourth-order valence-electron chi connectivity index (χ4n) is 1.17. The van der Waals surface area contributed by atoms with Gasteiger partial charge in [0.2, 0.25) is 0 Å². The highest BCUT2D eigenvalue weighted by atomic mass is 127. The molecule has 0 bridgehead atoms. The predicted molar refractivity (Wildman–Crippen MR) is 61.0 cm³/mol. The van der Waals surface area contributed by atoms with Crippen molar-refractivity contribution in [3.8, 4) is 11.8 Å². The SMILES string of the molecule is N#Cc1cc(-n2ccnc2)ccc1I. The molecular formula is C10H6IN3. The zero-order chi connectivity index (χ0) is 9.97. The number of nitrogens with zero attached hydrogens (tertiary/aromatic N) is 3. The van der Waals surface area contributed by atoms with E-state index in [1.165, 1.54) is 0 Å². The molecule has 0 unspecified atom stereocenters. The smallest absolute Gasteiger partial charge is 0.100 e. The van der Waals surface area contributed by atoms with Gasteiger partial charge in [-0.05, 0) is 40.8 Å². The number of hydrogen-bond acceptors (Lipinski definition) is 2. The van der Waals surface area contributed by atoms with E-state index in [0.717, 1.165) is 9.26 Å². The second-order valence-corrected chi connectivity index (χ2v) is 3.91. The first-order valence-corrected chi connectivity index (χ1v) is 5.07. The fraction of sp³-hybridized carbons (Fsp3) is 0. The highest BCUT2D eigenvalue weighted by Crippen LogP contribution is 2.16. The molecule has 0 saturated heterocycles. The van der Waals surface area contributed by atoms with Crippen LogP contribution in [0.2, 0.25) is 0 Å². The van der Waals surface area contributed by atoms with Crippen molar-refractivity contribution in [3.05, 3.63) is 46.1 Å².